The summed E-state index contributed by atoms with van der Waals surface area (Å²) in [6.07, 6.45) is -3.31. The maximum absolute atomic E-state index is 12.8. The second kappa shape index (κ2) is 8.00. The summed E-state index contributed by atoms with van der Waals surface area (Å²) >= 11 is 6.88. The maximum Gasteiger partial charge on any atom is 0.416 e. The zero-order valence-electron chi connectivity index (χ0n) is 14.9. The van der Waals surface area contributed by atoms with E-state index in [0.29, 0.717) is 17.7 Å². The molecule has 7 nitrogen and oxygen atoms in total. The molecule has 0 spiro atoms. The number of alkyl halides is 3. The standard InChI is InChI=1S/C18H10ClF3N2O5S/c1-23-16(25)15(30-17(23)26)7-9-2-4-13(11(19)6-9)29-14-5-3-10(18(20,21)22)8-12(14)24(27)28/h2-8H,1H3/b15-7+. The van der Waals surface area contributed by atoms with E-state index < -0.39 is 39.2 Å². The van der Waals surface area contributed by atoms with Gasteiger partial charge in [-0.3, -0.25) is 24.6 Å². The minimum absolute atomic E-state index is 0.00586. The topological polar surface area (TPSA) is 89.8 Å². The molecule has 0 aromatic heterocycles. The third-order valence-electron chi connectivity index (χ3n) is 3.94. The number of amides is 2. The number of nitro groups is 1. The molecule has 0 N–H and O–H groups in total. The zero-order valence-corrected chi connectivity index (χ0v) is 16.5. The molecule has 0 bridgehead atoms. The van der Waals surface area contributed by atoms with E-state index in [0.717, 1.165) is 22.7 Å². The summed E-state index contributed by atoms with van der Waals surface area (Å²) in [4.78, 5) is 34.8. The van der Waals surface area contributed by atoms with Crippen LogP contribution in [-0.2, 0) is 11.0 Å². The molecule has 2 aromatic rings. The number of hydrogen-bond donors (Lipinski definition) is 0. The third kappa shape index (κ3) is 4.41. The Morgan fingerprint density at radius 1 is 1.17 bits per heavy atom. The predicted molar refractivity (Wildman–Crippen MR) is 103 cm³/mol. The number of imide groups is 1. The molecule has 1 heterocycles. The Kier molecular flexibility index (Phi) is 5.77. The van der Waals surface area contributed by atoms with Gasteiger partial charge in [0.05, 0.1) is 20.4 Å². The van der Waals surface area contributed by atoms with Crippen molar-refractivity contribution in [2.45, 2.75) is 6.18 Å². The van der Waals surface area contributed by atoms with E-state index in [1.807, 2.05) is 0 Å². The first-order valence-electron chi connectivity index (χ1n) is 8.02. The summed E-state index contributed by atoms with van der Waals surface area (Å²) in [6, 6.07) is 6.06. The number of benzene rings is 2. The smallest absolute Gasteiger partial charge is 0.416 e. The highest BCUT2D eigenvalue weighted by molar-refractivity contribution is 8.18. The molecule has 12 heteroatoms. The SMILES string of the molecule is CN1C(=O)S/C(=C/c2ccc(Oc3ccc(C(F)(F)F)cc3[N+](=O)[O-])c(Cl)c2)C1=O. The van der Waals surface area contributed by atoms with Crippen molar-refractivity contribution in [2.24, 2.45) is 0 Å². The number of thioether (sulfide) groups is 1. The third-order valence-corrected chi connectivity index (χ3v) is 5.20. The molecule has 0 atom stereocenters. The number of likely N-dealkylation sites (N-methyl/N-ethyl adjacent to an activating group) is 1. The number of ether oxygens (including phenoxy) is 1. The van der Waals surface area contributed by atoms with Crippen LogP contribution in [-0.4, -0.2) is 28.0 Å². The van der Waals surface area contributed by atoms with Gasteiger partial charge in [0.15, 0.2) is 0 Å². The Hall–Kier alpha value is -3.05. The van der Waals surface area contributed by atoms with Crippen molar-refractivity contribution in [1.82, 2.24) is 4.90 Å². The van der Waals surface area contributed by atoms with Gasteiger partial charge in [-0.2, -0.15) is 13.2 Å². The number of hydrogen-bond acceptors (Lipinski definition) is 6. The summed E-state index contributed by atoms with van der Waals surface area (Å²) in [5, 5.41) is 10.7. The quantitative estimate of drug-likeness (QED) is 0.330. The summed E-state index contributed by atoms with van der Waals surface area (Å²) in [5.74, 6) is -0.933. The van der Waals surface area contributed by atoms with E-state index in [9.17, 15) is 32.9 Å². The highest BCUT2D eigenvalue weighted by atomic mass is 35.5. The van der Waals surface area contributed by atoms with E-state index in [1.54, 1.807) is 0 Å². The van der Waals surface area contributed by atoms with E-state index in [-0.39, 0.29) is 15.7 Å². The van der Waals surface area contributed by atoms with Crippen LogP contribution in [0.5, 0.6) is 11.5 Å². The van der Waals surface area contributed by atoms with Crippen LogP contribution in [0.25, 0.3) is 6.08 Å². The lowest BCUT2D eigenvalue weighted by molar-refractivity contribution is -0.385. The van der Waals surface area contributed by atoms with Crippen LogP contribution in [0.1, 0.15) is 11.1 Å². The van der Waals surface area contributed by atoms with Crippen LogP contribution in [0.2, 0.25) is 5.02 Å². The van der Waals surface area contributed by atoms with E-state index in [4.69, 9.17) is 16.3 Å². The molecular weight excluding hydrogens is 449 g/mol. The van der Waals surface area contributed by atoms with Gasteiger partial charge in [-0.1, -0.05) is 17.7 Å². The Bertz CT molecular complexity index is 1100. The van der Waals surface area contributed by atoms with Crippen LogP contribution in [0.15, 0.2) is 41.3 Å². The molecule has 1 fully saturated rings. The summed E-state index contributed by atoms with van der Waals surface area (Å²) in [7, 11) is 1.35. The number of halogens is 4. The van der Waals surface area contributed by atoms with Gasteiger partial charge in [-0.25, -0.2) is 0 Å². The van der Waals surface area contributed by atoms with E-state index in [1.165, 1.54) is 31.3 Å². The average Bonchev–Trinajstić information content (AvgIpc) is 2.90. The molecule has 30 heavy (non-hydrogen) atoms. The lowest BCUT2D eigenvalue weighted by Gasteiger charge is -2.11. The number of rotatable bonds is 4. The fourth-order valence-corrected chi connectivity index (χ4v) is 3.48. The lowest BCUT2D eigenvalue weighted by atomic mass is 10.1. The van der Waals surface area contributed by atoms with Crippen molar-refractivity contribution in [3.05, 3.63) is 67.6 Å². The normalized spacial score (nSPS) is 15.8. The Balaban J connectivity index is 1.89. The van der Waals surface area contributed by atoms with E-state index in [2.05, 4.69) is 0 Å². The monoisotopic (exact) mass is 458 g/mol. The molecule has 1 aliphatic rings. The maximum atomic E-state index is 12.8. The molecule has 0 saturated carbocycles. The highest BCUT2D eigenvalue weighted by Gasteiger charge is 2.34. The molecule has 0 unspecified atom stereocenters. The van der Waals surface area contributed by atoms with Crippen molar-refractivity contribution in [2.75, 3.05) is 7.05 Å². The second-order valence-corrected chi connectivity index (χ2v) is 7.37. The summed E-state index contributed by atoms with van der Waals surface area (Å²) in [5.41, 5.74) is -1.61. The van der Waals surface area contributed by atoms with Gasteiger partial charge < -0.3 is 4.74 Å². The van der Waals surface area contributed by atoms with Crippen LogP contribution < -0.4 is 4.74 Å². The molecule has 156 valence electrons. The van der Waals surface area contributed by atoms with Crippen molar-refractivity contribution < 1.29 is 32.4 Å². The molecule has 0 radical (unpaired) electrons. The zero-order chi connectivity index (χ0) is 22.2. The molecule has 1 saturated heterocycles. The fourth-order valence-electron chi connectivity index (χ4n) is 2.43. The average molecular weight is 459 g/mol. The van der Waals surface area contributed by atoms with Gasteiger partial charge in [0.2, 0.25) is 5.75 Å². The Morgan fingerprint density at radius 2 is 1.83 bits per heavy atom. The van der Waals surface area contributed by atoms with Gasteiger partial charge in [0.25, 0.3) is 11.1 Å². The van der Waals surface area contributed by atoms with Crippen molar-refractivity contribution in [3.63, 3.8) is 0 Å². The van der Waals surface area contributed by atoms with Gasteiger partial charge >= 0.3 is 11.9 Å². The van der Waals surface area contributed by atoms with Gasteiger partial charge in [0, 0.05) is 13.1 Å². The van der Waals surface area contributed by atoms with Crippen LogP contribution in [0.3, 0.4) is 0 Å². The van der Waals surface area contributed by atoms with E-state index >= 15 is 0 Å². The van der Waals surface area contributed by atoms with Crippen molar-refractivity contribution >= 4 is 46.3 Å². The van der Waals surface area contributed by atoms with Crippen molar-refractivity contribution in [3.8, 4) is 11.5 Å². The largest absolute Gasteiger partial charge is 0.449 e. The van der Waals surface area contributed by atoms with Gasteiger partial charge in [0.1, 0.15) is 5.75 Å². The number of nitrogens with zero attached hydrogens (tertiary/aromatic N) is 2. The predicted octanol–water partition coefficient (Wildman–Crippen LogP) is 5.73. The first-order chi connectivity index (χ1) is 14.0. The molecule has 2 amide bonds. The van der Waals surface area contributed by atoms with Gasteiger partial charge in [-0.05, 0) is 47.7 Å². The fraction of sp³-hybridized carbons (Fsp3) is 0.111. The molecule has 3 rings (SSSR count). The van der Waals surface area contributed by atoms with Crippen LogP contribution in [0.4, 0.5) is 23.7 Å². The molecule has 2 aromatic carbocycles. The Labute approximate surface area is 176 Å². The first kappa shape index (κ1) is 21.7. The first-order valence-corrected chi connectivity index (χ1v) is 9.21. The van der Waals surface area contributed by atoms with Crippen LogP contribution in [0, 0.1) is 10.1 Å². The highest BCUT2D eigenvalue weighted by Crippen LogP contribution is 2.40. The summed E-state index contributed by atoms with van der Waals surface area (Å²) in [6.45, 7) is 0. The Morgan fingerprint density at radius 3 is 2.37 bits per heavy atom. The lowest BCUT2D eigenvalue weighted by Crippen LogP contribution is -2.22. The second-order valence-electron chi connectivity index (χ2n) is 5.97. The minimum Gasteiger partial charge on any atom is -0.449 e. The molecular formula is C18H10ClF3N2O5S. The van der Waals surface area contributed by atoms with Crippen molar-refractivity contribution in [1.29, 1.82) is 0 Å². The van der Waals surface area contributed by atoms with Crippen LogP contribution >= 0.6 is 23.4 Å². The molecule has 1 aliphatic heterocycles. The van der Waals surface area contributed by atoms with Gasteiger partial charge in [-0.15, -0.1) is 0 Å². The number of carbonyl (C=O) groups is 2. The number of carbonyl (C=O) groups excluding carboxylic acids is 2. The number of nitro benzene ring substituents is 1. The summed E-state index contributed by atoms with van der Waals surface area (Å²) < 4.78 is 43.8. The minimum atomic E-state index is -4.75. The molecule has 0 aliphatic carbocycles.